The van der Waals surface area contributed by atoms with Crippen molar-refractivity contribution in [3.8, 4) is 11.5 Å². The standard InChI is InChI=1S/C24H27N5O5S/c1-4-13-29-22(20(14-30)26-23(32)16-5-9-18(33-2)10-6-16)27-28-24(29)35-15-21(31)25-17-7-11-19(34-3)12-8-17/h4-12,20,30H,1,13-15H2,2-3H3,(H,25,31)(H,26,32). The molecule has 0 aliphatic carbocycles. The van der Waals surface area contributed by atoms with E-state index in [9.17, 15) is 14.7 Å². The second kappa shape index (κ2) is 12.6. The van der Waals surface area contributed by atoms with Crippen LogP contribution in [0.3, 0.4) is 0 Å². The number of aliphatic hydroxyl groups excluding tert-OH is 1. The fourth-order valence-corrected chi connectivity index (χ4v) is 3.90. The number of amides is 2. The molecule has 0 aliphatic rings. The highest BCUT2D eigenvalue weighted by molar-refractivity contribution is 7.99. The molecule has 184 valence electrons. The number of carbonyl (C=O) groups is 2. The van der Waals surface area contributed by atoms with Gasteiger partial charge in [0.2, 0.25) is 5.91 Å². The highest BCUT2D eigenvalue weighted by Gasteiger charge is 2.23. The molecule has 0 spiro atoms. The first-order valence-corrected chi connectivity index (χ1v) is 11.6. The molecule has 2 amide bonds. The Kier molecular flexibility index (Phi) is 9.27. The summed E-state index contributed by atoms with van der Waals surface area (Å²) in [6, 6.07) is 12.8. The number of hydrogen-bond acceptors (Lipinski definition) is 8. The third-order valence-corrected chi connectivity index (χ3v) is 5.88. The van der Waals surface area contributed by atoms with Crippen molar-refractivity contribution in [2.75, 3.05) is 31.9 Å². The van der Waals surface area contributed by atoms with Gasteiger partial charge in [0, 0.05) is 17.8 Å². The van der Waals surface area contributed by atoms with Gasteiger partial charge in [-0.2, -0.15) is 0 Å². The third kappa shape index (κ3) is 6.84. The molecule has 0 fully saturated rings. The molecule has 0 aliphatic heterocycles. The maximum Gasteiger partial charge on any atom is 0.251 e. The Hall–Kier alpha value is -3.83. The maximum absolute atomic E-state index is 12.7. The molecule has 35 heavy (non-hydrogen) atoms. The van der Waals surface area contributed by atoms with Gasteiger partial charge in [-0.15, -0.1) is 16.8 Å². The zero-order valence-electron chi connectivity index (χ0n) is 19.4. The minimum Gasteiger partial charge on any atom is -0.497 e. The van der Waals surface area contributed by atoms with Gasteiger partial charge in [0.25, 0.3) is 5.91 Å². The van der Waals surface area contributed by atoms with Gasteiger partial charge in [-0.25, -0.2) is 0 Å². The smallest absolute Gasteiger partial charge is 0.251 e. The average molecular weight is 498 g/mol. The lowest BCUT2D eigenvalue weighted by Crippen LogP contribution is -2.33. The first kappa shape index (κ1) is 25.8. The van der Waals surface area contributed by atoms with Crippen molar-refractivity contribution in [1.82, 2.24) is 20.1 Å². The lowest BCUT2D eigenvalue weighted by Gasteiger charge is -2.17. The lowest BCUT2D eigenvalue weighted by molar-refractivity contribution is -0.113. The number of ether oxygens (including phenoxy) is 2. The van der Waals surface area contributed by atoms with Crippen LogP contribution in [0.15, 0.2) is 66.3 Å². The van der Waals surface area contributed by atoms with Crippen molar-refractivity contribution in [2.45, 2.75) is 17.7 Å². The number of thioether (sulfide) groups is 1. The first-order chi connectivity index (χ1) is 17.0. The molecule has 3 aromatic rings. The number of aromatic nitrogens is 3. The minimum absolute atomic E-state index is 0.0866. The summed E-state index contributed by atoms with van der Waals surface area (Å²) in [5.41, 5.74) is 1.05. The fraction of sp³-hybridized carbons (Fsp3) is 0.250. The van der Waals surface area contributed by atoms with Crippen molar-refractivity contribution in [2.24, 2.45) is 0 Å². The number of aliphatic hydroxyl groups is 1. The number of allylic oxidation sites excluding steroid dienone is 1. The van der Waals surface area contributed by atoms with Gasteiger partial charge in [0.1, 0.15) is 17.5 Å². The molecule has 2 aromatic carbocycles. The SMILES string of the molecule is C=CCn1c(SCC(=O)Nc2ccc(OC)cc2)nnc1C(CO)NC(=O)c1ccc(OC)cc1. The van der Waals surface area contributed by atoms with Crippen molar-refractivity contribution < 1.29 is 24.2 Å². The van der Waals surface area contributed by atoms with Crippen LogP contribution in [-0.2, 0) is 11.3 Å². The Labute approximate surface area is 207 Å². The van der Waals surface area contributed by atoms with E-state index in [1.54, 1.807) is 73.4 Å². The maximum atomic E-state index is 12.7. The van der Waals surface area contributed by atoms with E-state index in [0.29, 0.717) is 40.3 Å². The fourth-order valence-electron chi connectivity index (χ4n) is 3.14. The predicted octanol–water partition coefficient (Wildman–Crippen LogP) is 2.68. The van der Waals surface area contributed by atoms with Crippen molar-refractivity contribution in [3.63, 3.8) is 0 Å². The molecule has 11 heteroatoms. The molecule has 1 atom stereocenters. The highest BCUT2D eigenvalue weighted by Crippen LogP contribution is 2.22. The topological polar surface area (TPSA) is 128 Å². The summed E-state index contributed by atoms with van der Waals surface area (Å²) < 4.78 is 11.9. The predicted molar refractivity (Wildman–Crippen MR) is 133 cm³/mol. The molecule has 1 heterocycles. The molecule has 3 rings (SSSR count). The number of hydrogen-bond donors (Lipinski definition) is 3. The highest BCUT2D eigenvalue weighted by atomic mass is 32.2. The monoisotopic (exact) mass is 497 g/mol. The van der Waals surface area contributed by atoms with Gasteiger partial charge in [-0.05, 0) is 48.5 Å². The zero-order valence-corrected chi connectivity index (χ0v) is 20.2. The van der Waals surface area contributed by atoms with E-state index in [4.69, 9.17) is 9.47 Å². The van der Waals surface area contributed by atoms with Crippen LogP contribution in [0.25, 0.3) is 0 Å². The average Bonchev–Trinajstić information content (AvgIpc) is 3.28. The van der Waals surface area contributed by atoms with Crippen LogP contribution in [0.5, 0.6) is 11.5 Å². The molecule has 0 radical (unpaired) electrons. The van der Waals surface area contributed by atoms with Crippen LogP contribution in [0.4, 0.5) is 5.69 Å². The number of nitrogens with zero attached hydrogens (tertiary/aromatic N) is 3. The summed E-state index contributed by atoms with van der Waals surface area (Å²) in [5, 5.41) is 24.3. The number of benzene rings is 2. The molecule has 1 unspecified atom stereocenters. The van der Waals surface area contributed by atoms with E-state index >= 15 is 0 Å². The Balaban J connectivity index is 1.67. The molecule has 1 aromatic heterocycles. The molecular formula is C24H27N5O5S. The number of carbonyl (C=O) groups excluding carboxylic acids is 2. The summed E-state index contributed by atoms with van der Waals surface area (Å²) in [6.45, 7) is 3.70. The third-order valence-electron chi connectivity index (χ3n) is 4.92. The number of methoxy groups -OCH3 is 2. The van der Waals surface area contributed by atoms with E-state index in [1.165, 1.54) is 11.8 Å². The number of rotatable bonds is 12. The molecule has 0 saturated carbocycles. The number of anilines is 1. The van der Waals surface area contributed by atoms with Crippen LogP contribution >= 0.6 is 11.8 Å². The second-order valence-corrected chi connectivity index (χ2v) is 8.19. The van der Waals surface area contributed by atoms with Gasteiger partial charge in [-0.3, -0.25) is 9.59 Å². The van der Waals surface area contributed by atoms with Crippen LogP contribution < -0.4 is 20.1 Å². The molecule has 0 bridgehead atoms. The Morgan fingerprint density at radius 3 is 2.29 bits per heavy atom. The van der Waals surface area contributed by atoms with Crippen LogP contribution in [0, 0.1) is 0 Å². The summed E-state index contributed by atoms with van der Waals surface area (Å²) in [7, 11) is 3.12. The summed E-state index contributed by atoms with van der Waals surface area (Å²) in [4.78, 5) is 25.1. The summed E-state index contributed by atoms with van der Waals surface area (Å²) >= 11 is 1.19. The number of nitrogens with one attached hydrogen (secondary N) is 2. The first-order valence-electron chi connectivity index (χ1n) is 10.7. The molecule has 0 saturated heterocycles. The van der Waals surface area contributed by atoms with Crippen molar-refractivity contribution in [3.05, 3.63) is 72.6 Å². The molecule has 10 nitrogen and oxygen atoms in total. The normalized spacial score (nSPS) is 11.4. The van der Waals surface area contributed by atoms with Gasteiger partial charge in [0.15, 0.2) is 11.0 Å². The van der Waals surface area contributed by atoms with Gasteiger partial charge in [0.05, 0.1) is 26.6 Å². The van der Waals surface area contributed by atoms with Crippen LogP contribution in [0.2, 0.25) is 0 Å². The van der Waals surface area contributed by atoms with Crippen LogP contribution in [0.1, 0.15) is 22.2 Å². The second-order valence-electron chi connectivity index (χ2n) is 7.24. The van der Waals surface area contributed by atoms with E-state index in [-0.39, 0.29) is 24.2 Å². The Morgan fingerprint density at radius 2 is 1.71 bits per heavy atom. The van der Waals surface area contributed by atoms with E-state index in [0.717, 1.165) is 0 Å². The zero-order chi connectivity index (χ0) is 25.2. The van der Waals surface area contributed by atoms with Gasteiger partial charge in [-0.1, -0.05) is 17.8 Å². The lowest BCUT2D eigenvalue weighted by atomic mass is 10.2. The van der Waals surface area contributed by atoms with E-state index < -0.39 is 6.04 Å². The quantitative estimate of drug-likeness (QED) is 0.257. The largest absolute Gasteiger partial charge is 0.497 e. The minimum atomic E-state index is -0.806. The van der Waals surface area contributed by atoms with Crippen LogP contribution in [-0.4, -0.2) is 58.3 Å². The van der Waals surface area contributed by atoms with E-state index in [2.05, 4.69) is 27.4 Å². The molecule has 3 N–H and O–H groups in total. The van der Waals surface area contributed by atoms with Crippen molar-refractivity contribution >= 4 is 29.3 Å². The van der Waals surface area contributed by atoms with Gasteiger partial charge >= 0.3 is 0 Å². The van der Waals surface area contributed by atoms with E-state index in [1.807, 2.05) is 0 Å². The Morgan fingerprint density at radius 1 is 1.09 bits per heavy atom. The summed E-state index contributed by atoms with van der Waals surface area (Å²) in [6.07, 6.45) is 1.65. The van der Waals surface area contributed by atoms with Gasteiger partial charge < -0.3 is 29.8 Å². The Bertz CT molecular complexity index is 1150. The molecular weight excluding hydrogens is 470 g/mol. The van der Waals surface area contributed by atoms with Crippen molar-refractivity contribution in [1.29, 1.82) is 0 Å². The summed E-state index contributed by atoms with van der Waals surface area (Å²) in [5.74, 6) is 1.16.